The third kappa shape index (κ3) is 4.62. The SMILES string of the molecule is Cn1c(SCCC(=O)NC2CCCCC2)nnc1C(F)(F)F. The number of aromatic nitrogens is 3. The first kappa shape index (κ1) is 17.1. The fourth-order valence-corrected chi connectivity index (χ4v) is 3.32. The highest BCUT2D eigenvalue weighted by Gasteiger charge is 2.37. The third-order valence-corrected chi connectivity index (χ3v) is 4.64. The molecule has 1 amide bonds. The summed E-state index contributed by atoms with van der Waals surface area (Å²) in [5, 5.41) is 9.80. The van der Waals surface area contributed by atoms with Gasteiger partial charge in [-0.1, -0.05) is 31.0 Å². The maximum Gasteiger partial charge on any atom is 0.451 e. The van der Waals surface area contributed by atoms with Crippen LogP contribution in [-0.2, 0) is 18.0 Å². The van der Waals surface area contributed by atoms with Crippen molar-refractivity contribution >= 4 is 17.7 Å². The second kappa shape index (κ2) is 7.34. The van der Waals surface area contributed by atoms with Crippen LogP contribution in [0.5, 0.6) is 0 Å². The number of carbonyl (C=O) groups is 1. The number of rotatable bonds is 5. The van der Waals surface area contributed by atoms with Gasteiger partial charge in [0, 0.05) is 25.3 Å². The van der Waals surface area contributed by atoms with E-state index in [1.165, 1.54) is 13.5 Å². The number of nitrogens with one attached hydrogen (secondary N) is 1. The first-order valence-electron chi connectivity index (χ1n) is 7.26. The number of halogens is 3. The van der Waals surface area contributed by atoms with Crippen LogP contribution in [0.4, 0.5) is 13.2 Å². The molecule has 0 spiro atoms. The lowest BCUT2D eigenvalue weighted by Crippen LogP contribution is -2.36. The van der Waals surface area contributed by atoms with Gasteiger partial charge in [0.1, 0.15) is 0 Å². The Morgan fingerprint density at radius 1 is 1.32 bits per heavy atom. The average Bonchev–Trinajstić information content (AvgIpc) is 2.81. The minimum absolute atomic E-state index is 0.0578. The molecule has 1 aliphatic rings. The number of amides is 1. The van der Waals surface area contributed by atoms with E-state index in [4.69, 9.17) is 0 Å². The van der Waals surface area contributed by atoms with Crippen LogP contribution in [0.25, 0.3) is 0 Å². The van der Waals surface area contributed by atoms with Gasteiger partial charge < -0.3 is 9.88 Å². The summed E-state index contributed by atoms with van der Waals surface area (Å²) in [6.07, 6.45) is 1.26. The van der Waals surface area contributed by atoms with Crippen LogP contribution in [0.1, 0.15) is 44.3 Å². The molecule has 1 aromatic rings. The van der Waals surface area contributed by atoms with E-state index in [0.29, 0.717) is 5.75 Å². The van der Waals surface area contributed by atoms with Crippen LogP contribution in [0.2, 0.25) is 0 Å². The van der Waals surface area contributed by atoms with Crippen molar-refractivity contribution in [2.45, 2.75) is 55.9 Å². The Kier molecular flexibility index (Phi) is 5.71. The van der Waals surface area contributed by atoms with E-state index >= 15 is 0 Å². The molecule has 1 fully saturated rings. The van der Waals surface area contributed by atoms with Crippen LogP contribution in [0.3, 0.4) is 0 Å². The zero-order chi connectivity index (χ0) is 16.2. The molecule has 22 heavy (non-hydrogen) atoms. The standard InChI is InChI=1S/C13H19F3N4OS/c1-20-11(13(14,15)16)18-19-12(20)22-8-7-10(21)17-9-5-3-2-4-6-9/h9H,2-8H2,1H3,(H,17,21). The summed E-state index contributed by atoms with van der Waals surface area (Å²) >= 11 is 1.10. The zero-order valence-corrected chi connectivity index (χ0v) is 13.1. The van der Waals surface area contributed by atoms with E-state index in [1.54, 1.807) is 0 Å². The summed E-state index contributed by atoms with van der Waals surface area (Å²) < 4.78 is 38.6. The van der Waals surface area contributed by atoms with Crippen molar-refractivity contribution in [3.05, 3.63) is 5.82 Å². The molecule has 124 valence electrons. The lowest BCUT2D eigenvalue weighted by molar-refractivity contribution is -0.147. The molecule has 1 saturated carbocycles. The third-order valence-electron chi connectivity index (χ3n) is 3.62. The van der Waals surface area contributed by atoms with Crippen molar-refractivity contribution < 1.29 is 18.0 Å². The van der Waals surface area contributed by atoms with Crippen LogP contribution < -0.4 is 5.32 Å². The van der Waals surface area contributed by atoms with Gasteiger partial charge in [-0.3, -0.25) is 4.79 Å². The first-order chi connectivity index (χ1) is 10.4. The molecule has 1 aliphatic carbocycles. The number of carbonyl (C=O) groups excluding carboxylic acids is 1. The highest BCUT2D eigenvalue weighted by molar-refractivity contribution is 7.99. The molecular formula is C13H19F3N4OS. The van der Waals surface area contributed by atoms with Gasteiger partial charge in [-0.25, -0.2) is 0 Å². The summed E-state index contributed by atoms with van der Waals surface area (Å²) in [7, 11) is 1.27. The normalized spacial score (nSPS) is 16.7. The Bertz CT molecular complexity index is 512. The van der Waals surface area contributed by atoms with Crippen molar-refractivity contribution in [1.82, 2.24) is 20.1 Å². The van der Waals surface area contributed by atoms with Crippen LogP contribution in [0.15, 0.2) is 5.16 Å². The average molecular weight is 336 g/mol. The lowest BCUT2D eigenvalue weighted by atomic mass is 9.95. The number of alkyl halides is 3. The quantitative estimate of drug-likeness (QED) is 0.840. The highest BCUT2D eigenvalue weighted by Crippen LogP contribution is 2.29. The second-order valence-corrected chi connectivity index (χ2v) is 6.43. The highest BCUT2D eigenvalue weighted by atomic mass is 32.2. The van der Waals surface area contributed by atoms with Crippen molar-refractivity contribution in [2.75, 3.05) is 5.75 Å². The fraction of sp³-hybridized carbons (Fsp3) is 0.769. The predicted octanol–water partition coefficient (Wildman–Crippen LogP) is 2.77. The molecule has 0 aromatic carbocycles. The van der Waals surface area contributed by atoms with Gasteiger partial charge in [-0.2, -0.15) is 13.2 Å². The maximum atomic E-state index is 12.6. The largest absolute Gasteiger partial charge is 0.451 e. The predicted molar refractivity (Wildman–Crippen MR) is 76.4 cm³/mol. The molecular weight excluding hydrogens is 317 g/mol. The molecule has 1 heterocycles. The van der Waals surface area contributed by atoms with Crippen LogP contribution in [0, 0.1) is 0 Å². The van der Waals surface area contributed by atoms with Crippen LogP contribution >= 0.6 is 11.8 Å². The Balaban J connectivity index is 1.76. The number of hydrogen-bond donors (Lipinski definition) is 1. The van der Waals surface area contributed by atoms with Gasteiger partial charge in [0.05, 0.1) is 0 Å². The summed E-state index contributed by atoms with van der Waals surface area (Å²) in [5.74, 6) is -0.707. The smallest absolute Gasteiger partial charge is 0.353 e. The number of hydrogen-bond acceptors (Lipinski definition) is 4. The van der Waals surface area contributed by atoms with Gasteiger partial charge in [-0.05, 0) is 12.8 Å². The van der Waals surface area contributed by atoms with Crippen molar-refractivity contribution in [1.29, 1.82) is 0 Å². The topological polar surface area (TPSA) is 59.8 Å². The van der Waals surface area contributed by atoms with Gasteiger partial charge in [0.2, 0.25) is 11.7 Å². The number of nitrogens with zero attached hydrogens (tertiary/aromatic N) is 3. The van der Waals surface area contributed by atoms with E-state index in [2.05, 4.69) is 15.5 Å². The Labute approximate surface area is 131 Å². The van der Waals surface area contributed by atoms with Gasteiger partial charge in [0.25, 0.3) is 0 Å². The minimum atomic E-state index is -4.51. The van der Waals surface area contributed by atoms with E-state index in [-0.39, 0.29) is 23.5 Å². The van der Waals surface area contributed by atoms with Gasteiger partial charge in [0.15, 0.2) is 5.16 Å². The van der Waals surface area contributed by atoms with E-state index in [0.717, 1.165) is 42.0 Å². The maximum absolute atomic E-state index is 12.6. The summed E-state index contributed by atoms with van der Waals surface area (Å²) in [6, 6.07) is 0.248. The Hall–Kier alpha value is -1.25. The molecule has 0 unspecified atom stereocenters. The van der Waals surface area contributed by atoms with E-state index < -0.39 is 12.0 Å². The van der Waals surface area contributed by atoms with Gasteiger partial charge >= 0.3 is 6.18 Å². The number of thioether (sulfide) groups is 1. The molecule has 5 nitrogen and oxygen atoms in total. The van der Waals surface area contributed by atoms with Crippen molar-refractivity contribution in [2.24, 2.45) is 7.05 Å². The first-order valence-corrected chi connectivity index (χ1v) is 8.25. The van der Waals surface area contributed by atoms with Crippen LogP contribution in [-0.4, -0.2) is 32.5 Å². The Morgan fingerprint density at radius 2 is 2.00 bits per heavy atom. The Morgan fingerprint density at radius 3 is 2.59 bits per heavy atom. The zero-order valence-electron chi connectivity index (χ0n) is 12.3. The molecule has 0 atom stereocenters. The fourth-order valence-electron chi connectivity index (χ4n) is 2.47. The summed E-state index contributed by atoms with van der Waals surface area (Å²) in [4.78, 5) is 11.8. The molecule has 9 heteroatoms. The van der Waals surface area contributed by atoms with E-state index in [9.17, 15) is 18.0 Å². The van der Waals surface area contributed by atoms with E-state index in [1.807, 2.05) is 0 Å². The molecule has 0 saturated heterocycles. The van der Waals surface area contributed by atoms with Gasteiger partial charge in [-0.15, -0.1) is 10.2 Å². The molecule has 1 N–H and O–H groups in total. The molecule has 0 aliphatic heterocycles. The monoisotopic (exact) mass is 336 g/mol. The molecule has 1 aromatic heterocycles. The molecule has 0 bridgehead atoms. The summed E-state index contributed by atoms with van der Waals surface area (Å²) in [6.45, 7) is 0. The van der Waals surface area contributed by atoms with Crippen molar-refractivity contribution in [3.8, 4) is 0 Å². The molecule has 0 radical (unpaired) electrons. The summed E-state index contributed by atoms with van der Waals surface area (Å²) in [5.41, 5.74) is 0. The van der Waals surface area contributed by atoms with Crippen molar-refractivity contribution in [3.63, 3.8) is 0 Å². The second-order valence-electron chi connectivity index (χ2n) is 5.36. The minimum Gasteiger partial charge on any atom is -0.353 e. The lowest BCUT2D eigenvalue weighted by Gasteiger charge is -2.22. The molecule has 2 rings (SSSR count).